The van der Waals surface area contributed by atoms with Crippen molar-refractivity contribution in [2.45, 2.75) is 13.0 Å². The summed E-state index contributed by atoms with van der Waals surface area (Å²) in [6.45, 7) is 5.92. The summed E-state index contributed by atoms with van der Waals surface area (Å²) in [5.41, 5.74) is 2.46. The number of fused-ring (bicyclic) bond motifs is 1. The summed E-state index contributed by atoms with van der Waals surface area (Å²) in [5, 5.41) is 11.5. The zero-order valence-corrected chi connectivity index (χ0v) is 20.1. The molecule has 0 bridgehead atoms. The Balaban J connectivity index is 1.68. The third-order valence-electron chi connectivity index (χ3n) is 5.86. The average molecular weight is 501 g/mol. The Morgan fingerprint density at radius 1 is 1.14 bits per heavy atom. The summed E-state index contributed by atoms with van der Waals surface area (Å²) >= 11 is 1.29. The number of rotatable bonds is 6. The third-order valence-corrected chi connectivity index (χ3v) is 6.88. The molecule has 6 nitrogen and oxygen atoms in total. The van der Waals surface area contributed by atoms with Crippen LogP contribution in [-0.2, 0) is 9.59 Å². The van der Waals surface area contributed by atoms with Crippen LogP contribution in [0.25, 0.3) is 16.0 Å². The van der Waals surface area contributed by atoms with E-state index < -0.39 is 23.5 Å². The molecule has 1 N–H and O–H groups in total. The molecule has 1 aliphatic rings. The van der Waals surface area contributed by atoms with Gasteiger partial charge in [-0.2, -0.15) is 0 Å². The van der Waals surface area contributed by atoms with Crippen LogP contribution in [-0.4, -0.2) is 28.4 Å². The number of ketones is 1. The van der Waals surface area contributed by atoms with Crippen molar-refractivity contribution < 1.29 is 23.8 Å². The summed E-state index contributed by atoms with van der Waals surface area (Å²) in [5.74, 6) is -1.92. The summed E-state index contributed by atoms with van der Waals surface area (Å²) in [6.07, 6.45) is 1.63. The minimum Gasteiger partial charge on any atom is -0.507 e. The number of aromatic nitrogens is 1. The molecular weight excluding hydrogens is 479 g/mol. The van der Waals surface area contributed by atoms with Gasteiger partial charge in [-0.3, -0.25) is 14.5 Å². The average Bonchev–Trinajstić information content (AvgIpc) is 3.40. The number of hydrogen-bond donors (Lipinski definition) is 1. The Labute approximate surface area is 210 Å². The number of thiazole rings is 1. The topological polar surface area (TPSA) is 79.7 Å². The Kier molecular flexibility index (Phi) is 6.12. The molecule has 1 saturated heterocycles. The second kappa shape index (κ2) is 9.39. The predicted molar refractivity (Wildman–Crippen MR) is 138 cm³/mol. The number of aliphatic hydroxyl groups is 1. The van der Waals surface area contributed by atoms with E-state index >= 15 is 0 Å². The summed E-state index contributed by atoms with van der Waals surface area (Å²) in [7, 11) is 0. The fourth-order valence-electron chi connectivity index (χ4n) is 4.13. The minimum atomic E-state index is -0.940. The van der Waals surface area contributed by atoms with Crippen molar-refractivity contribution >= 4 is 44.1 Å². The highest BCUT2D eigenvalue weighted by Crippen LogP contribution is 2.44. The van der Waals surface area contributed by atoms with Gasteiger partial charge >= 0.3 is 5.91 Å². The van der Waals surface area contributed by atoms with Crippen LogP contribution in [0, 0.1) is 12.7 Å². The van der Waals surface area contributed by atoms with E-state index in [0.717, 1.165) is 10.3 Å². The molecule has 36 heavy (non-hydrogen) atoms. The number of anilines is 1. The van der Waals surface area contributed by atoms with Crippen LogP contribution in [0.15, 0.2) is 85.0 Å². The van der Waals surface area contributed by atoms with E-state index in [-0.39, 0.29) is 16.9 Å². The van der Waals surface area contributed by atoms with Gasteiger partial charge in [0.25, 0.3) is 5.78 Å². The molecule has 8 heteroatoms. The van der Waals surface area contributed by atoms with E-state index in [2.05, 4.69) is 11.6 Å². The molecule has 0 unspecified atom stereocenters. The van der Waals surface area contributed by atoms with Crippen molar-refractivity contribution in [3.8, 4) is 5.75 Å². The summed E-state index contributed by atoms with van der Waals surface area (Å²) in [6, 6.07) is 16.8. The predicted octanol–water partition coefficient (Wildman–Crippen LogP) is 5.93. The number of benzene rings is 3. The highest BCUT2D eigenvalue weighted by Gasteiger charge is 2.48. The Hall–Kier alpha value is -4.30. The fraction of sp³-hybridized carbons (Fsp3) is 0.107. The molecular formula is C28H21FN2O4S. The maximum absolute atomic E-state index is 13.5. The van der Waals surface area contributed by atoms with Crippen LogP contribution in [0.3, 0.4) is 0 Å². The van der Waals surface area contributed by atoms with E-state index in [4.69, 9.17) is 4.74 Å². The van der Waals surface area contributed by atoms with Gasteiger partial charge in [0.1, 0.15) is 23.9 Å². The molecule has 1 aromatic heterocycles. The number of carbonyl (C=O) groups is 2. The first-order valence-electron chi connectivity index (χ1n) is 11.1. The molecule has 1 amide bonds. The van der Waals surface area contributed by atoms with Crippen LogP contribution in [0.5, 0.6) is 5.75 Å². The molecule has 180 valence electrons. The van der Waals surface area contributed by atoms with E-state index in [1.165, 1.54) is 40.5 Å². The first-order chi connectivity index (χ1) is 17.4. The number of ether oxygens (including phenoxy) is 1. The maximum Gasteiger partial charge on any atom is 0.301 e. The number of hydrogen-bond acceptors (Lipinski definition) is 6. The lowest BCUT2D eigenvalue weighted by Crippen LogP contribution is -2.29. The number of halogens is 1. The van der Waals surface area contributed by atoms with Crippen LogP contribution >= 0.6 is 11.3 Å². The number of aliphatic hydroxyl groups excluding tert-OH is 1. The van der Waals surface area contributed by atoms with Crippen molar-refractivity contribution in [1.82, 2.24) is 4.98 Å². The Morgan fingerprint density at radius 2 is 1.86 bits per heavy atom. The molecule has 1 fully saturated rings. The van der Waals surface area contributed by atoms with Gasteiger partial charge < -0.3 is 9.84 Å². The molecule has 5 rings (SSSR count). The van der Waals surface area contributed by atoms with E-state index in [0.29, 0.717) is 28.6 Å². The van der Waals surface area contributed by atoms with Gasteiger partial charge in [-0.25, -0.2) is 9.37 Å². The Bertz CT molecular complexity index is 1520. The standard InChI is InChI=1S/C28H21FN2O4S/c1-3-14-35-20-11-7-17(8-12-20)24-23(25(32)18-5-9-19(29)10-6-18)26(33)27(34)31(24)28-30-21-13-4-16(2)15-22(21)36-28/h3-13,15,24,32H,1,14H2,2H3/b25-23+/t24-/m0/s1. The largest absolute Gasteiger partial charge is 0.507 e. The lowest BCUT2D eigenvalue weighted by molar-refractivity contribution is -0.132. The third kappa shape index (κ3) is 4.16. The van der Waals surface area contributed by atoms with Gasteiger partial charge in [0, 0.05) is 5.56 Å². The second-order valence-corrected chi connectivity index (χ2v) is 9.32. The van der Waals surface area contributed by atoms with Crippen molar-refractivity contribution in [1.29, 1.82) is 0 Å². The zero-order chi connectivity index (χ0) is 25.4. The van der Waals surface area contributed by atoms with Crippen LogP contribution in [0.4, 0.5) is 9.52 Å². The van der Waals surface area contributed by atoms with Crippen molar-refractivity contribution in [3.05, 3.63) is 107 Å². The van der Waals surface area contributed by atoms with Gasteiger partial charge in [-0.05, 0) is 66.6 Å². The summed E-state index contributed by atoms with van der Waals surface area (Å²) in [4.78, 5) is 32.6. The van der Waals surface area contributed by atoms with Gasteiger partial charge in [0.05, 0.1) is 21.8 Å². The molecule has 0 aliphatic carbocycles. The molecule has 3 aromatic carbocycles. The lowest BCUT2D eigenvalue weighted by Gasteiger charge is -2.23. The Morgan fingerprint density at radius 3 is 2.56 bits per heavy atom. The first-order valence-corrected chi connectivity index (χ1v) is 12.0. The molecule has 1 aliphatic heterocycles. The SMILES string of the molecule is C=CCOc1ccc([C@H]2/C(=C(\O)c3ccc(F)cc3)C(=O)C(=O)N2c2nc3ccc(C)cc3s2)cc1. The number of aryl methyl sites for hydroxylation is 1. The van der Waals surface area contributed by atoms with Gasteiger partial charge in [0.2, 0.25) is 0 Å². The normalized spacial score (nSPS) is 17.1. The first kappa shape index (κ1) is 23.4. The zero-order valence-electron chi connectivity index (χ0n) is 19.3. The number of carbonyl (C=O) groups excluding carboxylic acids is 2. The molecule has 0 radical (unpaired) electrons. The molecule has 0 spiro atoms. The van der Waals surface area contributed by atoms with Gasteiger partial charge in [-0.15, -0.1) is 0 Å². The number of nitrogens with zero attached hydrogens (tertiary/aromatic N) is 2. The molecule has 2 heterocycles. The number of Topliss-reactive ketones (excluding diaryl/α,β-unsaturated/α-hetero) is 1. The molecule has 4 aromatic rings. The fourth-order valence-corrected chi connectivity index (χ4v) is 5.22. The molecule has 0 saturated carbocycles. The monoisotopic (exact) mass is 500 g/mol. The molecule has 1 atom stereocenters. The van der Waals surface area contributed by atoms with Crippen molar-refractivity contribution in [3.63, 3.8) is 0 Å². The van der Waals surface area contributed by atoms with Crippen molar-refractivity contribution in [2.24, 2.45) is 0 Å². The van der Waals surface area contributed by atoms with Crippen molar-refractivity contribution in [2.75, 3.05) is 11.5 Å². The van der Waals surface area contributed by atoms with Crippen LogP contribution in [0.1, 0.15) is 22.7 Å². The van der Waals surface area contributed by atoms with Gasteiger partial charge in [-0.1, -0.05) is 42.2 Å². The van der Waals surface area contributed by atoms with E-state index in [9.17, 15) is 19.1 Å². The highest BCUT2D eigenvalue weighted by molar-refractivity contribution is 7.22. The van der Waals surface area contributed by atoms with E-state index in [1.54, 1.807) is 30.3 Å². The van der Waals surface area contributed by atoms with Crippen LogP contribution in [0.2, 0.25) is 0 Å². The lowest BCUT2D eigenvalue weighted by atomic mass is 9.95. The smallest absolute Gasteiger partial charge is 0.301 e. The summed E-state index contributed by atoms with van der Waals surface area (Å²) < 4.78 is 19.9. The minimum absolute atomic E-state index is 0.0956. The highest BCUT2D eigenvalue weighted by atomic mass is 32.1. The number of amides is 1. The second-order valence-electron chi connectivity index (χ2n) is 8.31. The van der Waals surface area contributed by atoms with E-state index in [1.807, 2.05) is 25.1 Å². The van der Waals surface area contributed by atoms with Gasteiger partial charge in [0.15, 0.2) is 5.13 Å². The quantitative estimate of drug-likeness (QED) is 0.154. The maximum atomic E-state index is 13.5. The van der Waals surface area contributed by atoms with Crippen LogP contribution < -0.4 is 9.64 Å².